The van der Waals surface area contributed by atoms with Crippen LogP contribution in [0.2, 0.25) is 0 Å². The average molecular weight is 585 g/mol. The van der Waals surface area contributed by atoms with Crippen LogP contribution in [0.3, 0.4) is 0 Å². The van der Waals surface area contributed by atoms with Crippen LogP contribution in [-0.4, -0.2) is 121 Å². The molecule has 7 atom stereocenters. The molecule has 5 fully saturated rings. The molecule has 1 saturated carbocycles. The Morgan fingerprint density at radius 3 is 2.76 bits per heavy atom. The summed E-state index contributed by atoms with van der Waals surface area (Å²) >= 11 is 0. The fourth-order valence-corrected chi connectivity index (χ4v) is 6.98. The van der Waals surface area contributed by atoms with Crippen LogP contribution >= 0.6 is 0 Å². The Morgan fingerprint density at radius 1 is 1.19 bits per heavy atom. The lowest BCUT2D eigenvalue weighted by Gasteiger charge is -2.50. The first-order chi connectivity index (χ1) is 20.3. The molecule has 42 heavy (non-hydrogen) atoms. The number of hydroxylamine groups is 2. The molecule has 0 radical (unpaired) electrons. The van der Waals surface area contributed by atoms with E-state index in [1.54, 1.807) is 25.1 Å². The Kier molecular flexibility index (Phi) is 7.79. The van der Waals surface area contributed by atoms with Crippen LogP contribution in [0.25, 0.3) is 6.08 Å². The van der Waals surface area contributed by atoms with E-state index in [1.807, 2.05) is 24.3 Å². The number of nitrogens with one attached hydrogen (secondary N) is 1. The van der Waals surface area contributed by atoms with Crippen LogP contribution in [0.5, 0.6) is 0 Å². The number of amides is 3. The van der Waals surface area contributed by atoms with Crippen molar-refractivity contribution in [3.63, 3.8) is 0 Å². The number of fused-ring (bicyclic) bond motifs is 4. The van der Waals surface area contributed by atoms with Gasteiger partial charge >= 0.3 is 5.97 Å². The molecule has 1 aromatic rings. The third-order valence-electron chi connectivity index (χ3n) is 8.92. The second-order valence-electron chi connectivity index (χ2n) is 11.5. The lowest BCUT2D eigenvalue weighted by Crippen LogP contribution is -2.70. The standard InChI is InChI=1S/C29H36N4O9/c1-31(2)21(35)10-9-17-6-3-4-7-18(17)15-33-24-27(37)41-20-14-29(24,25(42-33)23-22(20)39-16-40-23)28(38)32-12-5-8-19(32)26(36)30-11-13-34/h3-4,6-7,9-10,19-20,22-25,34H,5,8,11-16H2,1-2H3,(H,30,36)/t19-,20-,22+,23+,24+,25-,29+/m1/s1. The number of likely N-dealkylation sites (tertiary alicyclic amines) is 1. The van der Waals surface area contributed by atoms with Crippen LogP contribution in [0.4, 0.5) is 0 Å². The van der Waals surface area contributed by atoms with Gasteiger partial charge in [-0.2, -0.15) is 5.06 Å². The molecule has 13 nitrogen and oxygen atoms in total. The number of hydrogen-bond donors (Lipinski definition) is 2. The first kappa shape index (κ1) is 28.7. The number of nitrogens with zero attached hydrogens (tertiary/aromatic N) is 3. The molecule has 13 heteroatoms. The second-order valence-corrected chi connectivity index (χ2v) is 11.5. The molecule has 4 saturated heterocycles. The van der Waals surface area contributed by atoms with Crippen molar-refractivity contribution in [1.82, 2.24) is 20.2 Å². The highest BCUT2D eigenvalue weighted by atomic mass is 16.8. The molecule has 4 heterocycles. The molecule has 0 spiro atoms. The van der Waals surface area contributed by atoms with Crippen LogP contribution in [0, 0.1) is 5.41 Å². The Hall–Kier alpha value is -3.36. The summed E-state index contributed by atoms with van der Waals surface area (Å²) in [6.07, 6.45) is 1.70. The molecule has 5 aliphatic rings. The summed E-state index contributed by atoms with van der Waals surface area (Å²) in [5.74, 6) is -1.45. The zero-order chi connectivity index (χ0) is 29.6. The SMILES string of the molecule is CN(C)C(=O)C=Cc1ccccc1CN1O[C@@H]2[C@H]3OCO[C@H]3[C@H]3C[C@]2(C(=O)N2CCC[C@@H]2C(=O)NCCO)[C@@H]1C(=O)O3. The van der Waals surface area contributed by atoms with Gasteiger partial charge in [0.05, 0.1) is 13.2 Å². The number of ether oxygens (including phenoxy) is 3. The zero-order valence-corrected chi connectivity index (χ0v) is 23.6. The number of carbonyl (C=O) groups excluding carboxylic acids is 4. The summed E-state index contributed by atoms with van der Waals surface area (Å²) in [4.78, 5) is 63.1. The van der Waals surface area contributed by atoms with Crippen LogP contribution in [0.15, 0.2) is 30.3 Å². The number of carbonyl (C=O) groups is 4. The highest BCUT2D eigenvalue weighted by Crippen LogP contribution is 2.56. The van der Waals surface area contributed by atoms with E-state index in [2.05, 4.69) is 5.32 Å². The lowest BCUT2D eigenvalue weighted by molar-refractivity contribution is -0.204. The largest absolute Gasteiger partial charge is 0.458 e. The van der Waals surface area contributed by atoms with Crippen LogP contribution in [0.1, 0.15) is 30.4 Å². The molecule has 2 N–H and O–H groups in total. The first-order valence-electron chi connectivity index (χ1n) is 14.3. The normalized spacial score (nSPS) is 33.5. The predicted molar refractivity (Wildman–Crippen MR) is 145 cm³/mol. The lowest BCUT2D eigenvalue weighted by atomic mass is 9.62. The molecule has 1 aliphatic carbocycles. The van der Waals surface area contributed by atoms with E-state index in [1.165, 1.54) is 16.0 Å². The summed E-state index contributed by atoms with van der Waals surface area (Å²) in [5, 5.41) is 13.4. The van der Waals surface area contributed by atoms with E-state index in [9.17, 15) is 24.3 Å². The topological polar surface area (TPSA) is 147 Å². The first-order valence-corrected chi connectivity index (χ1v) is 14.3. The van der Waals surface area contributed by atoms with Crippen molar-refractivity contribution in [2.24, 2.45) is 5.41 Å². The maximum atomic E-state index is 14.7. The molecule has 2 bridgehead atoms. The third kappa shape index (κ3) is 4.69. The zero-order valence-electron chi connectivity index (χ0n) is 23.6. The molecule has 0 unspecified atom stereocenters. The van der Waals surface area contributed by atoms with Gasteiger partial charge in [-0.15, -0.1) is 0 Å². The monoisotopic (exact) mass is 584 g/mol. The molecule has 4 aliphatic heterocycles. The van der Waals surface area contributed by atoms with Gasteiger partial charge in [-0.1, -0.05) is 24.3 Å². The number of likely N-dealkylation sites (N-methyl/N-ethyl adjacent to an activating group) is 1. The molecular weight excluding hydrogens is 548 g/mol. The predicted octanol–water partition coefficient (Wildman–Crippen LogP) is -0.571. The van der Waals surface area contributed by atoms with Crippen molar-refractivity contribution < 1.29 is 43.3 Å². The third-order valence-corrected chi connectivity index (χ3v) is 8.92. The van der Waals surface area contributed by atoms with Gasteiger partial charge < -0.3 is 34.4 Å². The van der Waals surface area contributed by atoms with E-state index < -0.39 is 47.9 Å². The van der Waals surface area contributed by atoms with Gasteiger partial charge in [0.2, 0.25) is 17.7 Å². The Bertz CT molecular complexity index is 1290. The van der Waals surface area contributed by atoms with Gasteiger partial charge in [0.15, 0.2) is 6.04 Å². The minimum Gasteiger partial charge on any atom is -0.458 e. The number of aliphatic hydroxyl groups is 1. The Morgan fingerprint density at radius 2 is 1.98 bits per heavy atom. The number of aliphatic hydroxyl groups excluding tert-OH is 1. The summed E-state index contributed by atoms with van der Waals surface area (Å²) in [6.45, 7) is 0.349. The molecule has 226 valence electrons. The summed E-state index contributed by atoms with van der Waals surface area (Å²) < 4.78 is 17.6. The molecular formula is C29H36N4O9. The van der Waals surface area contributed by atoms with Crippen molar-refractivity contribution >= 4 is 29.8 Å². The van der Waals surface area contributed by atoms with Crippen molar-refractivity contribution in [2.45, 2.75) is 62.3 Å². The van der Waals surface area contributed by atoms with Gasteiger partial charge in [-0.05, 0) is 30.0 Å². The van der Waals surface area contributed by atoms with Gasteiger partial charge in [-0.3, -0.25) is 24.0 Å². The molecule has 0 aromatic heterocycles. The molecule has 3 amide bonds. The number of benzene rings is 1. The quantitative estimate of drug-likeness (QED) is 0.301. The fraction of sp³-hybridized carbons (Fsp3) is 0.586. The van der Waals surface area contributed by atoms with E-state index >= 15 is 0 Å². The Labute approximate surface area is 243 Å². The number of esters is 1. The van der Waals surface area contributed by atoms with Gasteiger partial charge in [-0.25, -0.2) is 0 Å². The smallest absolute Gasteiger partial charge is 0.327 e. The van der Waals surface area contributed by atoms with Crippen molar-refractivity contribution in [2.75, 3.05) is 40.6 Å². The maximum absolute atomic E-state index is 14.7. The van der Waals surface area contributed by atoms with Gasteiger partial charge in [0.1, 0.15) is 42.7 Å². The second kappa shape index (κ2) is 11.4. The van der Waals surface area contributed by atoms with E-state index in [-0.39, 0.29) is 50.6 Å². The number of hydrogen-bond acceptors (Lipinski definition) is 10. The van der Waals surface area contributed by atoms with E-state index in [0.717, 1.165) is 11.1 Å². The fourth-order valence-electron chi connectivity index (χ4n) is 6.98. The molecule has 6 rings (SSSR count). The minimum atomic E-state index is -1.36. The summed E-state index contributed by atoms with van der Waals surface area (Å²) in [5.41, 5.74) is 0.173. The minimum absolute atomic E-state index is 0.0123. The summed E-state index contributed by atoms with van der Waals surface area (Å²) in [6, 6.07) is 5.62. The van der Waals surface area contributed by atoms with Gasteiger partial charge in [0, 0.05) is 39.7 Å². The van der Waals surface area contributed by atoms with Crippen molar-refractivity contribution in [3.8, 4) is 0 Å². The van der Waals surface area contributed by atoms with Crippen molar-refractivity contribution in [1.29, 1.82) is 0 Å². The maximum Gasteiger partial charge on any atom is 0.327 e. The highest BCUT2D eigenvalue weighted by Gasteiger charge is 2.75. The molecule has 1 aromatic carbocycles. The highest BCUT2D eigenvalue weighted by molar-refractivity contribution is 5.96. The summed E-state index contributed by atoms with van der Waals surface area (Å²) in [7, 11) is 3.33. The Balaban J connectivity index is 1.35. The van der Waals surface area contributed by atoms with Crippen LogP contribution in [-0.2, 0) is 44.8 Å². The number of rotatable bonds is 8. The van der Waals surface area contributed by atoms with E-state index in [0.29, 0.717) is 19.4 Å². The van der Waals surface area contributed by atoms with Crippen molar-refractivity contribution in [3.05, 3.63) is 41.5 Å². The van der Waals surface area contributed by atoms with Gasteiger partial charge in [0.25, 0.3) is 0 Å². The van der Waals surface area contributed by atoms with Crippen LogP contribution < -0.4 is 5.32 Å². The average Bonchev–Trinajstić information content (AvgIpc) is 3.73. The van der Waals surface area contributed by atoms with E-state index in [4.69, 9.17) is 19.0 Å².